The van der Waals surface area contributed by atoms with E-state index in [1.165, 1.54) is 11.8 Å². The molecule has 0 amide bonds. The van der Waals surface area contributed by atoms with Crippen molar-refractivity contribution >= 4 is 28.5 Å². The third-order valence-electron chi connectivity index (χ3n) is 3.89. The fourth-order valence-corrected chi connectivity index (χ4v) is 3.08. The maximum atomic E-state index is 12.6. The molecule has 0 fully saturated rings. The van der Waals surface area contributed by atoms with E-state index in [1.54, 1.807) is 30.5 Å². The minimum absolute atomic E-state index is 0.0863. The Morgan fingerprint density at radius 2 is 2.00 bits per heavy atom. The molecule has 3 aromatic rings. The van der Waals surface area contributed by atoms with Gasteiger partial charge in [0.15, 0.2) is 5.43 Å². The lowest BCUT2D eigenvalue weighted by molar-refractivity contribution is 1.07. The normalized spacial score (nSPS) is 11.3. The molecule has 0 saturated carbocycles. The van der Waals surface area contributed by atoms with Crippen molar-refractivity contribution in [2.75, 3.05) is 11.6 Å². The number of hydrogen-bond donors (Lipinski definition) is 1. The highest BCUT2D eigenvalue weighted by Crippen LogP contribution is 2.25. The van der Waals surface area contributed by atoms with Crippen molar-refractivity contribution in [1.82, 2.24) is 9.55 Å². The number of hydrogen-bond acceptors (Lipinski definition) is 4. The molecule has 0 bridgehead atoms. The highest BCUT2D eigenvalue weighted by Gasteiger charge is 2.12. The molecule has 3 rings (SSSR count). The quantitative estimate of drug-likeness (QED) is 0.507. The van der Waals surface area contributed by atoms with E-state index in [-0.39, 0.29) is 5.43 Å². The van der Waals surface area contributed by atoms with Crippen LogP contribution in [0.25, 0.3) is 16.6 Å². The lowest BCUT2D eigenvalue weighted by Gasteiger charge is -2.19. The van der Waals surface area contributed by atoms with E-state index in [9.17, 15) is 4.79 Å². The van der Waals surface area contributed by atoms with Gasteiger partial charge >= 0.3 is 0 Å². The number of nitrogens with one attached hydrogen (secondary N) is 1. The molecule has 0 aliphatic rings. The summed E-state index contributed by atoms with van der Waals surface area (Å²) in [6.45, 7) is 7.53. The number of para-hydroxylation sites is 1. The monoisotopic (exact) mass is 361 g/mol. The molecular formula is C21H19N3OS. The van der Waals surface area contributed by atoms with E-state index in [2.05, 4.69) is 23.5 Å². The van der Waals surface area contributed by atoms with Crippen LogP contribution < -0.4 is 10.7 Å². The van der Waals surface area contributed by atoms with Crippen molar-refractivity contribution in [2.45, 2.75) is 5.03 Å². The second-order valence-corrected chi connectivity index (χ2v) is 6.32. The van der Waals surface area contributed by atoms with Gasteiger partial charge < -0.3 is 5.32 Å². The Morgan fingerprint density at radius 1 is 1.23 bits per heavy atom. The van der Waals surface area contributed by atoms with Crippen LogP contribution in [0.2, 0.25) is 0 Å². The molecule has 5 heteroatoms. The first kappa shape index (κ1) is 17.8. The zero-order valence-electron chi connectivity index (χ0n) is 14.5. The highest BCUT2D eigenvalue weighted by molar-refractivity contribution is 7.98. The SMILES string of the molecule is C=C/C=C(\C=C)Nc1cc(=O)c2cnc(SC)cc2n1-c1ccccc1. The number of fused-ring (bicyclic) bond motifs is 1. The van der Waals surface area contributed by atoms with Crippen LogP contribution in [-0.2, 0) is 0 Å². The van der Waals surface area contributed by atoms with Crippen LogP contribution in [0.5, 0.6) is 0 Å². The van der Waals surface area contributed by atoms with Gasteiger partial charge in [0.25, 0.3) is 0 Å². The molecule has 2 aromatic heterocycles. The van der Waals surface area contributed by atoms with Crippen LogP contribution in [-0.4, -0.2) is 15.8 Å². The number of thioether (sulfide) groups is 1. The molecule has 0 spiro atoms. The predicted molar refractivity (Wildman–Crippen MR) is 111 cm³/mol. The van der Waals surface area contributed by atoms with Crippen LogP contribution in [0.1, 0.15) is 0 Å². The molecule has 1 aromatic carbocycles. The van der Waals surface area contributed by atoms with Crippen LogP contribution in [0.4, 0.5) is 5.82 Å². The van der Waals surface area contributed by atoms with E-state index in [0.717, 1.165) is 21.9 Å². The lowest BCUT2D eigenvalue weighted by Crippen LogP contribution is -2.14. The summed E-state index contributed by atoms with van der Waals surface area (Å²) in [5.41, 5.74) is 2.41. The van der Waals surface area contributed by atoms with Gasteiger partial charge in [-0.1, -0.05) is 37.4 Å². The molecule has 0 aliphatic heterocycles. The van der Waals surface area contributed by atoms with Crippen LogP contribution >= 0.6 is 11.8 Å². The Labute approximate surface area is 156 Å². The van der Waals surface area contributed by atoms with Gasteiger partial charge in [-0.05, 0) is 36.6 Å². The summed E-state index contributed by atoms with van der Waals surface area (Å²) in [6, 6.07) is 13.4. The summed E-state index contributed by atoms with van der Waals surface area (Å²) in [7, 11) is 0. The third kappa shape index (κ3) is 3.48. The summed E-state index contributed by atoms with van der Waals surface area (Å²) >= 11 is 1.54. The first-order valence-electron chi connectivity index (χ1n) is 8.05. The smallest absolute Gasteiger partial charge is 0.193 e. The van der Waals surface area contributed by atoms with Gasteiger partial charge in [0, 0.05) is 23.6 Å². The predicted octanol–water partition coefficient (Wildman–Crippen LogP) is 4.78. The minimum atomic E-state index is -0.0863. The molecule has 0 atom stereocenters. The number of allylic oxidation sites excluding steroid dienone is 3. The molecule has 1 N–H and O–H groups in total. The van der Waals surface area contributed by atoms with Crippen molar-refractivity contribution < 1.29 is 0 Å². The molecule has 0 radical (unpaired) electrons. The number of aromatic nitrogens is 2. The Hall–Kier alpha value is -3.05. The molecular weight excluding hydrogens is 342 g/mol. The second kappa shape index (κ2) is 7.89. The molecule has 130 valence electrons. The van der Waals surface area contributed by atoms with E-state index in [0.29, 0.717) is 11.2 Å². The maximum Gasteiger partial charge on any atom is 0.193 e. The van der Waals surface area contributed by atoms with Gasteiger partial charge in [-0.3, -0.25) is 9.36 Å². The summed E-state index contributed by atoms with van der Waals surface area (Å²) in [6.07, 6.45) is 8.76. The fourth-order valence-electron chi connectivity index (χ4n) is 2.69. The van der Waals surface area contributed by atoms with Crippen LogP contribution in [0.15, 0.2) is 95.6 Å². The molecule has 0 unspecified atom stereocenters. The maximum absolute atomic E-state index is 12.6. The van der Waals surface area contributed by atoms with Crippen LogP contribution in [0, 0.1) is 0 Å². The van der Waals surface area contributed by atoms with E-state index < -0.39 is 0 Å². The van der Waals surface area contributed by atoms with Gasteiger partial charge in [0.2, 0.25) is 0 Å². The largest absolute Gasteiger partial charge is 0.341 e. The number of pyridine rings is 2. The topological polar surface area (TPSA) is 46.9 Å². The summed E-state index contributed by atoms with van der Waals surface area (Å²) in [5.74, 6) is 0.653. The standard InChI is InChI=1S/C21H19N3OS/c1-4-9-15(5-2)23-20-13-19(25)17-14-22-21(26-3)12-18(17)24(20)16-10-7-6-8-11-16/h4-14,23H,1-2H2,3H3/b15-9+. The first-order chi connectivity index (χ1) is 12.7. The molecule has 2 heterocycles. The van der Waals surface area contributed by atoms with E-state index >= 15 is 0 Å². The zero-order valence-corrected chi connectivity index (χ0v) is 15.3. The van der Waals surface area contributed by atoms with Gasteiger partial charge in [-0.15, -0.1) is 11.8 Å². The molecule has 0 aliphatic carbocycles. The molecule has 26 heavy (non-hydrogen) atoms. The van der Waals surface area contributed by atoms with Gasteiger partial charge in [0.1, 0.15) is 5.82 Å². The van der Waals surface area contributed by atoms with Gasteiger partial charge in [0.05, 0.1) is 15.9 Å². The first-order valence-corrected chi connectivity index (χ1v) is 9.28. The van der Waals surface area contributed by atoms with Gasteiger partial charge in [-0.2, -0.15) is 0 Å². The number of nitrogens with zero attached hydrogens (tertiary/aromatic N) is 2. The Bertz CT molecular complexity index is 1050. The number of rotatable bonds is 6. The second-order valence-electron chi connectivity index (χ2n) is 5.50. The molecule has 4 nitrogen and oxygen atoms in total. The average Bonchev–Trinajstić information content (AvgIpc) is 2.68. The van der Waals surface area contributed by atoms with Crippen molar-refractivity contribution in [3.05, 3.63) is 96.0 Å². The summed E-state index contributed by atoms with van der Waals surface area (Å²) in [5, 5.41) is 4.70. The fraction of sp³-hybridized carbons (Fsp3) is 0.0476. The summed E-state index contributed by atoms with van der Waals surface area (Å²) in [4.78, 5) is 17.0. The third-order valence-corrected chi connectivity index (χ3v) is 4.53. The Kier molecular flexibility index (Phi) is 5.39. The number of benzene rings is 1. The van der Waals surface area contributed by atoms with Crippen molar-refractivity contribution in [2.24, 2.45) is 0 Å². The lowest BCUT2D eigenvalue weighted by atomic mass is 10.2. The number of anilines is 1. The highest BCUT2D eigenvalue weighted by atomic mass is 32.2. The van der Waals surface area contributed by atoms with E-state index in [1.807, 2.05) is 47.2 Å². The minimum Gasteiger partial charge on any atom is -0.341 e. The van der Waals surface area contributed by atoms with Crippen molar-refractivity contribution in [1.29, 1.82) is 0 Å². The van der Waals surface area contributed by atoms with Gasteiger partial charge in [-0.25, -0.2) is 4.98 Å². The molecule has 0 saturated heterocycles. The Balaban J connectivity index is 2.36. The van der Waals surface area contributed by atoms with Crippen molar-refractivity contribution in [3.63, 3.8) is 0 Å². The van der Waals surface area contributed by atoms with Crippen molar-refractivity contribution in [3.8, 4) is 5.69 Å². The van der Waals surface area contributed by atoms with E-state index in [4.69, 9.17) is 0 Å². The zero-order chi connectivity index (χ0) is 18.5. The van der Waals surface area contributed by atoms with Crippen LogP contribution in [0.3, 0.4) is 0 Å². The average molecular weight is 361 g/mol. The Morgan fingerprint density at radius 3 is 2.65 bits per heavy atom. The summed E-state index contributed by atoms with van der Waals surface area (Å²) < 4.78 is 2.01.